The van der Waals surface area contributed by atoms with Gasteiger partial charge in [-0.05, 0) is 12.1 Å². The van der Waals surface area contributed by atoms with E-state index in [0.717, 1.165) is 11.8 Å². The highest BCUT2D eigenvalue weighted by Crippen LogP contribution is 2.38. The van der Waals surface area contributed by atoms with Gasteiger partial charge in [-0.25, -0.2) is 14.4 Å². The fourth-order valence-electron chi connectivity index (χ4n) is 1.20. The van der Waals surface area contributed by atoms with Crippen LogP contribution in [0.5, 0.6) is 0 Å². The Morgan fingerprint density at radius 2 is 2.06 bits per heavy atom. The van der Waals surface area contributed by atoms with Gasteiger partial charge in [0, 0.05) is 6.20 Å². The summed E-state index contributed by atoms with van der Waals surface area (Å²) in [7, 11) is 0. The molecule has 0 atom stereocenters. The number of rotatable bonds is 2. The molecule has 4 nitrogen and oxygen atoms in total. The third-order valence-corrected chi connectivity index (χ3v) is 3.43. The van der Waals surface area contributed by atoms with Crippen LogP contribution >= 0.6 is 23.4 Å². The first-order chi connectivity index (χ1) is 8.09. The predicted molar refractivity (Wildman–Crippen MR) is 66.4 cm³/mol. The molecule has 0 radical (unpaired) electrons. The minimum absolute atomic E-state index is 0.119. The summed E-state index contributed by atoms with van der Waals surface area (Å²) < 4.78 is 13.9. The molecule has 0 bridgehead atoms. The Labute approximate surface area is 106 Å². The SMILES string of the molecule is Nc1cc(N)c(Sc2ccncn2)c(F)c1Cl. The smallest absolute Gasteiger partial charge is 0.159 e. The van der Waals surface area contributed by atoms with Crippen LogP contribution in [0.1, 0.15) is 0 Å². The maximum atomic E-state index is 13.9. The van der Waals surface area contributed by atoms with Crippen molar-refractivity contribution in [3.05, 3.63) is 35.5 Å². The second-order valence-electron chi connectivity index (χ2n) is 3.16. The predicted octanol–water partition coefficient (Wildman–Crippen LogP) is 2.58. The third kappa shape index (κ3) is 2.42. The Morgan fingerprint density at radius 1 is 1.29 bits per heavy atom. The Kier molecular flexibility index (Phi) is 3.35. The van der Waals surface area contributed by atoms with Gasteiger partial charge in [0.1, 0.15) is 16.4 Å². The van der Waals surface area contributed by atoms with Gasteiger partial charge in [-0.3, -0.25) is 0 Å². The highest BCUT2D eigenvalue weighted by Gasteiger charge is 2.15. The van der Waals surface area contributed by atoms with Crippen LogP contribution in [0.3, 0.4) is 0 Å². The first-order valence-electron chi connectivity index (χ1n) is 4.56. The average Bonchev–Trinajstić information content (AvgIpc) is 2.33. The van der Waals surface area contributed by atoms with E-state index in [9.17, 15) is 4.39 Å². The van der Waals surface area contributed by atoms with Crippen molar-refractivity contribution in [2.24, 2.45) is 0 Å². The number of nitrogens with two attached hydrogens (primary N) is 2. The molecule has 0 fully saturated rings. The van der Waals surface area contributed by atoms with Crippen LogP contribution in [0.25, 0.3) is 0 Å². The van der Waals surface area contributed by atoms with Gasteiger partial charge in [-0.1, -0.05) is 23.4 Å². The summed E-state index contributed by atoms with van der Waals surface area (Å²) in [6, 6.07) is 3.07. The highest BCUT2D eigenvalue weighted by atomic mass is 35.5. The summed E-state index contributed by atoms with van der Waals surface area (Å²) in [6.45, 7) is 0. The van der Waals surface area contributed by atoms with Gasteiger partial charge in [-0.2, -0.15) is 0 Å². The molecule has 7 heteroatoms. The molecule has 1 aromatic carbocycles. The van der Waals surface area contributed by atoms with Crippen LogP contribution in [-0.4, -0.2) is 9.97 Å². The monoisotopic (exact) mass is 270 g/mol. The molecule has 0 saturated carbocycles. The van der Waals surface area contributed by atoms with E-state index in [2.05, 4.69) is 9.97 Å². The lowest BCUT2D eigenvalue weighted by Gasteiger charge is -2.09. The summed E-state index contributed by atoms with van der Waals surface area (Å²) in [4.78, 5) is 7.94. The molecule has 0 amide bonds. The second-order valence-corrected chi connectivity index (χ2v) is 4.57. The third-order valence-electron chi connectivity index (χ3n) is 1.98. The summed E-state index contributed by atoms with van der Waals surface area (Å²) in [5.41, 5.74) is 11.5. The quantitative estimate of drug-likeness (QED) is 0.648. The molecule has 0 unspecified atom stereocenters. The van der Waals surface area contributed by atoms with E-state index >= 15 is 0 Å². The zero-order valence-electron chi connectivity index (χ0n) is 8.52. The largest absolute Gasteiger partial charge is 0.398 e. The normalized spacial score (nSPS) is 10.5. The maximum absolute atomic E-state index is 13.9. The number of halogens is 2. The van der Waals surface area contributed by atoms with Gasteiger partial charge in [0.15, 0.2) is 5.82 Å². The first-order valence-corrected chi connectivity index (χ1v) is 5.76. The van der Waals surface area contributed by atoms with Gasteiger partial charge in [0.2, 0.25) is 0 Å². The highest BCUT2D eigenvalue weighted by molar-refractivity contribution is 7.99. The Balaban J connectivity index is 2.43. The molecule has 88 valence electrons. The first kappa shape index (κ1) is 11.9. The molecule has 0 aliphatic heterocycles. The lowest BCUT2D eigenvalue weighted by atomic mass is 10.3. The van der Waals surface area contributed by atoms with Crippen molar-refractivity contribution in [3.63, 3.8) is 0 Å². The van der Waals surface area contributed by atoms with Gasteiger partial charge in [-0.15, -0.1) is 0 Å². The van der Waals surface area contributed by atoms with Gasteiger partial charge >= 0.3 is 0 Å². The molecule has 2 rings (SSSR count). The van der Waals surface area contributed by atoms with Crippen molar-refractivity contribution in [2.75, 3.05) is 11.5 Å². The van der Waals surface area contributed by atoms with Crippen LogP contribution in [-0.2, 0) is 0 Å². The van der Waals surface area contributed by atoms with E-state index < -0.39 is 5.82 Å². The Hall–Kier alpha value is -1.53. The maximum Gasteiger partial charge on any atom is 0.159 e. The topological polar surface area (TPSA) is 77.8 Å². The molecule has 2 aromatic rings. The Morgan fingerprint density at radius 3 is 2.71 bits per heavy atom. The molecule has 0 saturated heterocycles. The van der Waals surface area contributed by atoms with E-state index in [4.69, 9.17) is 23.1 Å². The van der Waals surface area contributed by atoms with Crippen molar-refractivity contribution in [2.45, 2.75) is 9.92 Å². The van der Waals surface area contributed by atoms with Crippen molar-refractivity contribution in [3.8, 4) is 0 Å². The van der Waals surface area contributed by atoms with Crippen LogP contribution in [0.15, 0.2) is 34.6 Å². The molecular formula is C10H8ClFN4S. The second kappa shape index (κ2) is 4.77. The number of anilines is 2. The van der Waals surface area contributed by atoms with Crippen molar-refractivity contribution in [1.82, 2.24) is 9.97 Å². The van der Waals surface area contributed by atoms with Crippen LogP contribution in [0.2, 0.25) is 5.02 Å². The summed E-state index contributed by atoms with van der Waals surface area (Å²) in [6.07, 6.45) is 2.93. The Bertz CT molecular complexity index is 550. The van der Waals surface area contributed by atoms with Crippen LogP contribution in [0, 0.1) is 5.82 Å². The van der Waals surface area contributed by atoms with Gasteiger partial charge in [0.25, 0.3) is 0 Å². The van der Waals surface area contributed by atoms with Crippen molar-refractivity contribution < 1.29 is 4.39 Å². The number of nitrogens with zero attached hydrogens (tertiary/aromatic N) is 2. The van der Waals surface area contributed by atoms with E-state index in [-0.39, 0.29) is 21.3 Å². The van der Waals surface area contributed by atoms with Crippen LogP contribution < -0.4 is 11.5 Å². The molecule has 4 N–H and O–H groups in total. The molecule has 17 heavy (non-hydrogen) atoms. The lowest BCUT2D eigenvalue weighted by molar-refractivity contribution is 0.604. The molecule has 1 aromatic heterocycles. The average molecular weight is 271 g/mol. The van der Waals surface area contributed by atoms with Gasteiger partial charge < -0.3 is 11.5 Å². The number of nitrogen functional groups attached to an aromatic ring is 2. The summed E-state index contributed by atoms with van der Waals surface area (Å²) in [5.74, 6) is -0.632. The number of benzene rings is 1. The number of hydrogen-bond donors (Lipinski definition) is 2. The summed E-state index contributed by atoms with van der Waals surface area (Å²) >= 11 is 6.79. The fourth-order valence-corrected chi connectivity index (χ4v) is 2.21. The minimum atomic E-state index is -0.632. The molecule has 0 aliphatic rings. The van der Waals surface area contributed by atoms with E-state index in [1.54, 1.807) is 12.3 Å². The van der Waals surface area contributed by atoms with Crippen molar-refractivity contribution in [1.29, 1.82) is 0 Å². The van der Waals surface area contributed by atoms with E-state index in [1.165, 1.54) is 12.4 Å². The van der Waals surface area contributed by atoms with Crippen molar-refractivity contribution >= 4 is 34.7 Å². The zero-order valence-corrected chi connectivity index (χ0v) is 10.1. The summed E-state index contributed by atoms with van der Waals surface area (Å²) in [5, 5.41) is 0.446. The number of aromatic nitrogens is 2. The fraction of sp³-hybridized carbons (Fsp3) is 0. The molecule has 0 spiro atoms. The van der Waals surface area contributed by atoms with E-state index in [0.29, 0.717) is 5.03 Å². The molecule has 1 heterocycles. The van der Waals surface area contributed by atoms with Gasteiger partial charge in [0.05, 0.1) is 16.3 Å². The minimum Gasteiger partial charge on any atom is -0.398 e. The lowest BCUT2D eigenvalue weighted by Crippen LogP contribution is -1.98. The zero-order chi connectivity index (χ0) is 12.4. The standard InChI is InChI=1S/C10H8ClFN4S/c11-8-5(13)3-6(14)10(9(8)12)17-7-1-2-15-4-16-7/h1-4H,13-14H2. The molecule has 0 aliphatic carbocycles. The molecular weight excluding hydrogens is 263 g/mol. The van der Waals surface area contributed by atoms with Crippen LogP contribution in [0.4, 0.5) is 15.8 Å². The number of hydrogen-bond acceptors (Lipinski definition) is 5. The van der Waals surface area contributed by atoms with E-state index in [1.807, 2.05) is 0 Å².